The van der Waals surface area contributed by atoms with E-state index in [1.54, 1.807) is 0 Å². The van der Waals surface area contributed by atoms with Gasteiger partial charge in [0, 0.05) is 17.0 Å². The Kier molecular flexibility index (Phi) is 8.10. The average molecular weight is 566 g/mol. The fourth-order valence-corrected chi connectivity index (χ4v) is 6.23. The second kappa shape index (κ2) is 12.9. The first-order valence-electron chi connectivity index (χ1n) is 15.6. The highest BCUT2D eigenvalue weighted by atomic mass is 14.7. The third kappa shape index (κ3) is 6.23. The molecule has 0 radical (unpaired) electrons. The molecule has 1 unspecified atom stereocenters. The lowest BCUT2D eigenvalue weighted by molar-refractivity contribution is 0.688. The smallest absolute Gasteiger partial charge is 0.0715 e. The highest BCUT2D eigenvalue weighted by Crippen LogP contribution is 2.37. The SMILES string of the molecule is C1=C(c2ccccc2)/C=C(/c2cccc(-c3cc(-c4ccccc4)cc(-c4ccccc4)n3)c2)CCCC1c1ccccc1. The molecule has 0 fully saturated rings. The van der Waals surface area contributed by atoms with Crippen LogP contribution in [0.15, 0.2) is 170 Å². The summed E-state index contributed by atoms with van der Waals surface area (Å²) >= 11 is 0. The van der Waals surface area contributed by atoms with E-state index in [2.05, 4.69) is 170 Å². The Morgan fingerprint density at radius 3 is 1.68 bits per heavy atom. The van der Waals surface area contributed by atoms with Crippen LogP contribution in [0.4, 0.5) is 0 Å². The summed E-state index contributed by atoms with van der Waals surface area (Å²) in [4.78, 5) is 5.19. The zero-order valence-corrected chi connectivity index (χ0v) is 24.8. The van der Waals surface area contributed by atoms with Crippen LogP contribution in [0.3, 0.4) is 0 Å². The predicted molar refractivity (Wildman–Crippen MR) is 186 cm³/mol. The Bertz CT molecular complexity index is 1850. The van der Waals surface area contributed by atoms with Crippen molar-refractivity contribution in [3.8, 4) is 33.6 Å². The molecule has 1 aliphatic rings. The van der Waals surface area contributed by atoms with Crippen molar-refractivity contribution in [2.45, 2.75) is 25.2 Å². The van der Waals surface area contributed by atoms with Crippen LogP contribution >= 0.6 is 0 Å². The topological polar surface area (TPSA) is 12.9 Å². The molecule has 0 amide bonds. The van der Waals surface area contributed by atoms with Gasteiger partial charge >= 0.3 is 0 Å². The Hall–Kier alpha value is -5.27. The van der Waals surface area contributed by atoms with Gasteiger partial charge in [0.1, 0.15) is 0 Å². The molecule has 1 aromatic heterocycles. The molecule has 0 saturated heterocycles. The molecule has 0 saturated carbocycles. The van der Waals surface area contributed by atoms with Gasteiger partial charge in [-0.05, 0) is 76.4 Å². The van der Waals surface area contributed by atoms with E-state index in [0.717, 1.165) is 41.8 Å². The number of rotatable bonds is 6. The van der Waals surface area contributed by atoms with E-state index in [4.69, 9.17) is 4.98 Å². The molecule has 1 heterocycles. The summed E-state index contributed by atoms with van der Waals surface area (Å²) < 4.78 is 0. The van der Waals surface area contributed by atoms with Gasteiger partial charge in [0.25, 0.3) is 0 Å². The monoisotopic (exact) mass is 565 g/mol. The molecule has 5 aromatic carbocycles. The van der Waals surface area contributed by atoms with E-state index in [9.17, 15) is 0 Å². The number of hydrogen-bond acceptors (Lipinski definition) is 1. The lowest BCUT2D eigenvalue weighted by Crippen LogP contribution is -2.01. The summed E-state index contributed by atoms with van der Waals surface area (Å²) in [7, 11) is 0. The Labute approximate surface area is 260 Å². The molecule has 1 atom stereocenters. The van der Waals surface area contributed by atoms with Crippen molar-refractivity contribution in [1.29, 1.82) is 0 Å². The minimum Gasteiger partial charge on any atom is -0.248 e. The maximum absolute atomic E-state index is 5.19. The maximum Gasteiger partial charge on any atom is 0.0715 e. The molecule has 0 N–H and O–H groups in total. The molecule has 212 valence electrons. The molecule has 44 heavy (non-hydrogen) atoms. The van der Waals surface area contributed by atoms with Gasteiger partial charge in [-0.2, -0.15) is 0 Å². The quantitative estimate of drug-likeness (QED) is 0.196. The van der Waals surface area contributed by atoms with Crippen molar-refractivity contribution in [3.05, 3.63) is 187 Å². The van der Waals surface area contributed by atoms with E-state index in [0.29, 0.717) is 5.92 Å². The number of pyridine rings is 1. The lowest BCUT2D eigenvalue weighted by Gasteiger charge is -2.20. The molecule has 1 heteroatoms. The third-order valence-corrected chi connectivity index (χ3v) is 8.54. The van der Waals surface area contributed by atoms with E-state index in [-0.39, 0.29) is 0 Å². The predicted octanol–water partition coefficient (Wildman–Crippen LogP) is 11.5. The highest BCUT2D eigenvalue weighted by molar-refractivity contribution is 5.86. The number of hydrogen-bond donors (Lipinski definition) is 0. The minimum atomic E-state index is 0.400. The Morgan fingerprint density at radius 2 is 1.00 bits per heavy atom. The second-order valence-electron chi connectivity index (χ2n) is 11.5. The van der Waals surface area contributed by atoms with Crippen molar-refractivity contribution in [1.82, 2.24) is 4.98 Å². The van der Waals surface area contributed by atoms with Crippen LogP contribution in [-0.4, -0.2) is 4.98 Å². The fourth-order valence-electron chi connectivity index (χ4n) is 6.23. The zero-order chi connectivity index (χ0) is 29.6. The third-order valence-electron chi connectivity index (χ3n) is 8.54. The summed E-state index contributed by atoms with van der Waals surface area (Å²) in [6.45, 7) is 0. The zero-order valence-electron chi connectivity index (χ0n) is 24.8. The van der Waals surface area contributed by atoms with Crippen LogP contribution in [0.25, 0.3) is 44.8 Å². The Balaban J connectivity index is 1.31. The lowest BCUT2D eigenvalue weighted by atomic mass is 9.84. The Morgan fingerprint density at radius 1 is 0.455 bits per heavy atom. The molecule has 1 aliphatic carbocycles. The van der Waals surface area contributed by atoms with Crippen LogP contribution in [-0.2, 0) is 0 Å². The van der Waals surface area contributed by atoms with Gasteiger partial charge in [0.05, 0.1) is 11.4 Å². The van der Waals surface area contributed by atoms with Crippen molar-refractivity contribution >= 4 is 11.1 Å². The fraction of sp³-hybridized carbons (Fsp3) is 0.0930. The minimum absolute atomic E-state index is 0.400. The molecule has 0 bridgehead atoms. The summed E-state index contributed by atoms with van der Waals surface area (Å²) in [6, 6.07) is 56.2. The van der Waals surface area contributed by atoms with Crippen molar-refractivity contribution < 1.29 is 0 Å². The first kappa shape index (κ1) is 27.6. The van der Waals surface area contributed by atoms with Crippen LogP contribution in [0.1, 0.15) is 41.9 Å². The second-order valence-corrected chi connectivity index (χ2v) is 11.5. The van der Waals surface area contributed by atoms with Gasteiger partial charge in [-0.15, -0.1) is 0 Å². The van der Waals surface area contributed by atoms with E-state index < -0.39 is 0 Å². The number of benzene rings is 5. The van der Waals surface area contributed by atoms with Crippen LogP contribution < -0.4 is 0 Å². The largest absolute Gasteiger partial charge is 0.248 e. The van der Waals surface area contributed by atoms with Crippen LogP contribution in [0, 0.1) is 0 Å². The van der Waals surface area contributed by atoms with Crippen molar-refractivity contribution in [3.63, 3.8) is 0 Å². The summed E-state index contributed by atoms with van der Waals surface area (Å²) in [5.74, 6) is 0.400. The maximum atomic E-state index is 5.19. The number of allylic oxidation sites excluding steroid dienone is 4. The average Bonchev–Trinajstić information content (AvgIpc) is 3.10. The summed E-state index contributed by atoms with van der Waals surface area (Å²) in [6.07, 6.45) is 8.19. The summed E-state index contributed by atoms with van der Waals surface area (Å²) in [5.41, 5.74) is 13.2. The van der Waals surface area contributed by atoms with Crippen molar-refractivity contribution in [2.75, 3.05) is 0 Å². The van der Waals surface area contributed by atoms with Gasteiger partial charge in [-0.3, -0.25) is 0 Å². The molecule has 6 aromatic rings. The standard InChI is InChI=1S/C43H35N/c1-5-15-32(16-6-1)36-23-13-24-38(29-40(28-36)33-17-7-2-8-18-33)37-25-14-26-39(27-37)43-31-41(34-19-9-3-10-20-34)30-42(44-43)35-21-11-4-12-22-35/h1-12,14-22,25-31,36H,13,23-24H2/b38-29+,40-28?. The summed E-state index contributed by atoms with van der Waals surface area (Å²) in [5, 5.41) is 0. The van der Waals surface area contributed by atoms with Gasteiger partial charge in [-0.1, -0.05) is 152 Å². The number of aromatic nitrogens is 1. The van der Waals surface area contributed by atoms with Crippen molar-refractivity contribution in [2.24, 2.45) is 0 Å². The van der Waals surface area contributed by atoms with Gasteiger partial charge in [-0.25, -0.2) is 4.98 Å². The molecule has 1 nitrogen and oxygen atoms in total. The van der Waals surface area contributed by atoms with Gasteiger partial charge in [0.2, 0.25) is 0 Å². The number of nitrogens with zero attached hydrogens (tertiary/aromatic N) is 1. The molecule has 7 rings (SSSR count). The van der Waals surface area contributed by atoms with Crippen LogP contribution in [0.2, 0.25) is 0 Å². The molecular weight excluding hydrogens is 530 g/mol. The van der Waals surface area contributed by atoms with E-state index >= 15 is 0 Å². The molecule has 0 aliphatic heterocycles. The normalized spacial score (nSPS) is 16.2. The highest BCUT2D eigenvalue weighted by Gasteiger charge is 2.16. The van der Waals surface area contributed by atoms with Gasteiger partial charge in [0.15, 0.2) is 0 Å². The molecule has 0 spiro atoms. The van der Waals surface area contributed by atoms with E-state index in [1.165, 1.54) is 39.0 Å². The van der Waals surface area contributed by atoms with Crippen LogP contribution in [0.5, 0.6) is 0 Å². The first-order valence-corrected chi connectivity index (χ1v) is 15.6. The van der Waals surface area contributed by atoms with E-state index in [1.807, 2.05) is 0 Å². The van der Waals surface area contributed by atoms with Gasteiger partial charge < -0.3 is 0 Å². The molecular formula is C43H35N. The first-order chi connectivity index (χ1) is 21.8.